The summed E-state index contributed by atoms with van der Waals surface area (Å²) in [5.74, 6) is -1.59. The van der Waals surface area contributed by atoms with Crippen molar-refractivity contribution in [3.05, 3.63) is 95.3 Å². The van der Waals surface area contributed by atoms with Gasteiger partial charge in [0.15, 0.2) is 0 Å². The second-order valence-electron chi connectivity index (χ2n) is 9.49. The predicted molar refractivity (Wildman–Crippen MR) is 156 cm³/mol. The van der Waals surface area contributed by atoms with Crippen LogP contribution in [0.2, 0.25) is 5.02 Å². The molecule has 10 heteroatoms. The van der Waals surface area contributed by atoms with Crippen molar-refractivity contribution < 1.29 is 22.4 Å². The maximum absolute atomic E-state index is 14.0. The smallest absolute Gasteiger partial charge is 0.264 e. The van der Waals surface area contributed by atoms with Crippen molar-refractivity contribution in [1.29, 1.82) is 0 Å². The van der Waals surface area contributed by atoms with Gasteiger partial charge in [-0.05, 0) is 62.1 Å². The molecule has 0 spiro atoms. The van der Waals surface area contributed by atoms with Crippen molar-refractivity contribution in [2.24, 2.45) is 0 Å². The van der Waals surface area contributed by atoms with Gasteiger partial charge < -0.3 is 10.2 Å². The zero-order valence-corrected chi connectivity index (χ0v) is 24.5. The number of carbonyl (C=O) groups excluding carboxylic acids is 2. The number of nitrogens with one attached hydrogen (secondary N) is 1. The van der Waals surface area contributed by atoms with E-state index in [0.29, 0.717) is 19.3 Å². The summed E-state index contributed by atoms with van der Waals surface area (Å²) < 4.78 is 42.4. The molecule has 0 fully saturated rings. The Morgan fingerprint density at radius 1 is 0.950 bits per heavy atom. The van der Waals surface area contributed by atoms with Gasteiger partial charge in [0.25, 0.3) is 10.0 Å². The predicted octanol–water partition coefficient (Wildman–Crippen LogP) is 5.44. The van der Waals surface area contributed by atoms with Gasteiger partial charge in [0.05, 0.1) is 15.6 Å². The molecule has 0 aliphatic carbocycles. The average molecular weight is 588 g/mol. The maximum atomic E-state index is 14.0. The van der Waals surface area contributed by atoms with Gasteiger partial charge >= 0.3 is 0 Å². The molecule has 0 radical (unpaired) electrons. The fraction of sp³-hybridized carbons (Fsp3) is 0.333. The summed E-state index contributed by atoms with van der Waals surface area (Å²) >= 11 is 6.00. The second kappa shape index (κ2) is 14.3. The molecule has 2 amide bonds. The van der Waals surface area contributed by atoms with Gasteiger partial charge in [0.2, 0.25) is 11.8 Å². The molecule has 3 aromatic carbocycles. The van der Waals surface area contributed by atoms with Crippen molar-refractivity contribution in [3.8, 4) is 0 Å². The van der Waals surface area contributed by atoms with E-state index in [4.69, 9.17) is 11.6 Å². The fourth-order valence-electron chi connectivity index (χ4n) is 4.23. The fourth-order valence-corrected chi connectivity index (χ4v) is 5.83. The molecule has 1 N–H and O–H groups in total. The van der Waals surface area contributed by atoms with Crippen LogP contribution in [0.25, 0.3) is 0 Å². The van der Waals surface area contributed by atoms with Crippen LogP contribution >= 0.6 is 11.6 Å². The topological polar surface area (TPSA) is 86.8 Å². The number of anilines is 1. The van der Waals surface area contributed by atoms with E-state index in [1.807, 2.05) is 51.1 Å². The van der Waals surface area contributed by atoms with Crippen molar-refractivity contribution >= 4 is 39.1 Å². The van der Waals surface area contributed by atoms with Gasteiger partial charge in [0, 0.05) is 12.6 Å². The van der Waals surface area contributed by atoms with Crippen LogP contribution in [0.15, 0.2) is 83.8 Å². The Labute approximate surface area is 241 Å². The van der Waals surface area contributed by atoms with Crippen molar-refractivity contribution in [2.45, 2.75) is 57.0 Å². The number of rotatable bonds is 13. The third-order valence-electron chi connectivity index (χ3n) is 6.67. The SMILES string of the molecule is CC[C@@H](C)NC(=O)[C@H](CC)N(CCc1ccccc1)C(=O)CN(c1ccc(F)c(Cl)c1)S(=O)(=O)c1ccccc1. The van der Waals surface area contributed by atoms with Crippen molar-refractivity contribution in [2.75, 3.05) is 17.4 Å². The number of hydrogen-bond donors (Lipinski definition) is 1. The van der Waals surface area contributed by atoms with Crippen molar-refractivity contribution in [3.63, 3.8) is 0 Å². The number of nitrogens with zero attached hydrogens (tertiary/aromatic N) is 2. The summed E-state index contributed by atoms with van der Waals surface area (Å²) in [5.41, 5.74) is 1.00. The number of carbonyl (C=O) groups is 2. The number of sulfonamides is 1. The highest BCUT2D eigenvalue weighted by Gasteiger charge is 2.33. The monoisotopic (exact) mass is 587 g/mol. The molecule has 40 heavy (non-hydrogen) atoms. The summed E-state index contributed by atoms with van der Waals surface area (Å²) in [5, 5.41) is 2.67. The molecule has 2 atom stereocenters. The Kier molecular flexibility index (Phi) is 11.1. The molecular formula is C30H35ClFN3O4S. The first kappa shape index (κ1) is 31.1. The summed E-state index contributed by atoms with van der Waals surface area (Å²) in [4.78, 5) is 28.6. The normalized spacial score (nSPS) is 12.8. The number of benzene rings is 3. The lowest BCUT2D eigenvalue weighted by Gasteiger charge is -2.33. The largest absolute Gasteiger partial charge is 0.352 e. The minimum Gasteiger partial charge on any atom is -0.352 e. The van der Waals surface area contributed by atoms with Gasteiger partial charge in [-0.2, -0.15) is 0 Å². The molecule has 0 aliphatic rings. The molecule has 0 aliphatic heterocycles. The van der Waals surface area contributed by atoms with E-state index >= 15 is 0 Å². The van der Waals surface area contributed by atoms with E-state index in [2.05, 4.69) is 5.32 Å². The molecule has 214 valence electrons. The minimum atomic E-state index is -4.25. The van der Waals surface area contributed by atoms with E-state index in [9.17, 15) is 22.4 Å². The Balaban J connectivity index is 2.02. The van der Waals surface area contributed by atoms with E-state index in [-0.39, 0.29) is 34.1 Å². The number of halogens is 2. The first-order chi connectivity index (χ1) is 19.1. The van der Waals surface area contributed by atoms with E-state index < -0.39 is 34.3 Å². The van der Waals surface area contributed by atoms with E-state index in [1.165, 1.54) is 29.2 Å². The molecule has 7 nitrogen and oxygen atoms in total. The van der Waals surface area contributed by atoms with Gasteiger partial charge in [-0.15, -0.1) is 0 Å². The maximum Gasteiger partial charge on any atom is 0.264 e. The Morgan fingerprint density at radius 2 is 1.57 bits per heavy atom. The highest BCUT2D eigenvalue weighted by molar-refractivity contribution is 7.92. The lowest BCUT2D eigenvalue weighted by molar-refractivity contribution is -0.139. The lowest BCUT2D eigenvalue weighted by atomic mass is 10.1. The van der Waals surface area contributed by atoms with Crippen LogP contribution in [0.4, 0.5) is 10.1 Å². The number of amides is 2. The third-order valence-corrected chi connectivity index (χ3v) is 8.75. The molecule has 0 saturated heterocycles. The summed E-state index contributed by atoms with van der Waals surface area (Å²) in [6.45, 7) is 5.22. The summed E-state index contributed by atoms with van der Waals surface area (Å²) in [7, 11) is -4.25. The Hall–Kier alpha value is -3.43. The highest BCUT2D eigenvalue weighted by Crippen LogP contribution is 2.28. The van der Waals surface area contributed by atoms with Gasteiger partial charge in [-0.25, -0.2) is 12.8 Å². The van der Waals surface area contributed by atoms with E-state index in [0.717, 1.165) is 15.9 Å². The van der Waals surface area contributed by atoms with Crippen LogP contribution in [-0.4, -0.2) is 50.3 Å². The van der Waals surface area contributed by atoms with Crippen molar-refractivity contribution in [1.82, 2.24) is 10.2 Å². The lowest BCUT2D eigenvalue weighted by Crippen LogP contribution is -2.54. The zero-order chi connectivity index (χ0) is 29.3. The first-order valence-corrected chi connectivity index (χ1v) is 15.1. The molecule has 3 aromatic rings. The van der Waals surface area contributed by atoms with Crippen LogP contribution in [-0.2, 0) is 26.0 Å². The Bertz CT molecular complexity index is 1390. The second-order valence-corrected chi connectivity index (χ2v) is 11.8. The quantitative estimate of drug-likeness (QED) is 0.289. The summed E-state index contributed by atoms with van der Waals surface area (Å²) in [6.07, 6.45) is 1.51. The van der Waals surface area contributed by atoms with Crippen LogP contribution in [0, 0.1) is 5.82 Å². The molecular weight excluding hydrogens is 553 g/mol. The van der Waals surface area contributed by atoms with E-state index in [1.54, 1.807) is 18.2 Å². The summed E-state index contributed by atoms with van der Waals surface area (Å²) in [6, 6.07) is 19.8. The standard InChI is InChI=1S/C30H35ClFN3O4S/c1-4-22(3)33-30(37)28(5-2)34(19-18-23-12-8-6-9-13-23)29(36)21-35(24-16-17-27(32)26(31)20-24)40(38,39)25-14-10-7-11-15-25/h6-17,20,22,28H,4-5,18-19,21H2,1-3H3,(H,33,37)/t22-,28+/m1/s1. The van der Waals surface area contributed by atoms with Gasteiger partial charge in [-0.3, -0.25) is 13.9 Å². The average Bonchev–Trinajstić information content (AvgIpc) is 2.96. The minimum absolute atomic E-state index is 0.0312. The number of hydrogen-bond acceptors (Lipinski definition) is 4. The van der Waals surface area contributed by atoms with Gasteiger partial charge in [-0.1, -0.05) is 74.0 Å². The first-order valence-electron chi connectivity index (χ1n) is 13.2. The third kappa shape index (κ3) is 7.82. The van der Waals surface area contributed by atoms with Gasteiger partial charge in [0.1, 0.15) is 18.4 Å². The molecule has 0 bridgehead atoms. The highest BCUT2D eigenvalue weighted by atomic mass is 35.5. The molecule has 0 saturated carbocycles. The molecule has 0 heterocycles. The molecule has 0 aromatic heterocycles. The molecule has 3 rings (SSSR count). The van der Waals surface area contributed by atoms with Crippen LogP contribution in [0.1, 0.15) is 39.2 Å². The Morgan fingerprint density at radius 3 is 2.15 bits per heavy atom. The molecule has 0 unspecified atom stereocenters. The van der Waals surface area contributed by atoms with Crippen LogP contribution in [0.5, 0.6) is 0 Å². The zero-order valence-electron chi connectivity index (χ0n) is 22.9. The van der Waals surface area contributed by atoms with Crippen LogP contribution < -0.4 is 9.62 Å². The van der Waals surface area contributed by atoms with Crippen LogP contribution in [0.3, 0.4) is 0 Å².